The predicted molar refractivity (Wildman–Crippen MR) is 110 cm³/mol. The zero-order chi connectivity index (χ0) is 19.7. The lowest BCUT2D eigenvalue weighted by molar-refractivity contribution is -0.945. The average molecular weight is 383 g/mol. The van der Waals surface area contributed by atoms with E-state index in [-0.39, 0.29) is 19.0 Å². The highest BCUT2D eigenvalue weighted by Gasteiger charge is 2.41. The first-order valence-corrected chi connectivity index (χ1v) is 10.5. The zero-order valence-corrected chi connectivity index (χ0v) is 16.8. The van der Waals surface area contributed by atoms with Gasteiger partial charge in [-0.3, -0.25) is 0 Å². The van der Waals surface area contributed by atoms with Crippen molar-refractivity contribution < 1.29 is 19.8 Å². The van der Waals surface area contributed by atoms with Crippen LogP contribution in [-0.2, 0) is 26.1 Å². The molecule has 1 aliphatic heterocycles. The number of aromatic hydroxyl groups is 1. The standard InChI is InChI=1S/C24H31NO3/c1-25(14-17-3-2-4-17)10-9-20-11-19(15-26)6-8-22(20)23(25)12-18-5-7-21(16-27)24(28)13-18/h5-8,11,13,17,23,26-27H,2-4,9-10,12,14-16H2,1H3/p+1/t23-,25+/m1/s1. The third-order valence-corrected chi connectivity index (χ3v) is 7.04. The summed E-state index contributed by atoms with van der Waals surface area (Å²) in [6, 6.07) is 12.5. The molecule has 2 aromatic carbocycles. The van der Waals surface area contributed by atoms with Gasteiger partial charge in [0.25, 0.3) is 0 Å². The lowest BCUT2D eigenvalue weighted by atomic mass is 9.80. The van der Waals surface area contributed by atoms with E-state index in [4.69, 9.17) is 0 Å². The molecule has 1 heterocycles. The Hall–Kier alpha value is -1.88. The third-order valence-electron chi connectivity index (χ3n) is 7.04. The average Bonchev–Trinajstić information content (AvgIpc) is 2.67. The Morgan fingerprint density at radius 1 is 1.00 bits per heavy atom. The first-order valence-electron chi connectivity index (χ1n) is 10.5. The van der Waals surface area contributed by atoms with Crippen molar-refractivity contribution in [3.8, 4) is 5.75 Å². The summed E-state index contributed by atoms with van der Waals surface area (Å²) in [4.78, 5) is 0. The van der Waals surface area contributed by atoms with Crippen LogP contribution in [0.25, 0.3) is 0 Å². The molecule has 4 nitrogen and oxygen atoms in total. The van der Waals surface area contributed by atoms with Crippen molar-refractivity contribution in [2.45, 2.75) is 51.4 Å². The zero-order valence-electron chi connectivity index (χ0n) is 16.8. The van der Waals surface area contributed by atoms with Crippen LogP contribution in [0.4, 0.5) is 0 Å². The van der Waals surface area contributed by atoms with Crippen molar-refractivity contribution in [1.82, 2.24) is 0 Å². The largest absolute Gasteiger partial charge is 0.508 e. The van der Waals surface area contributed by atoms with Crippen LogP contribution in [0.5, 0.6) is 5.75 Å². The third kappa shape index (κ3) is 3.69. The molecule has 150 valence electrons. The number of hydrogen-bond acceptors (Lipinski definition) is 3. The molecule has 0 saturated heterocycles. The van der Waals surface area contributed by atoms with Gasteiger partial charge in [0, 0.05) is 29.9 Å². The van der Waals surface area contributed by atoms with Gasteiger partial charge >= 0.3 is 0 Å². The van der Waals surface area contributed by atoms with Gasteiger partial charge in [-0.25, -0.2) is 0 Å². The second-order valence-corrected chi connectivity index (χ2v) is 8.96. The number of aliphatic hydroxyl groups excluding tert-OH is 2. The van der Waals surface area contributed by atoms with Crippen molar-refractivity contribution in [2.75, 3.05) is 20.1 Å². The Bertz CT molecular complexity index is 846. The Labute approximate surface area is 167 Å². The van der Waals surface area contributed by atoms with Crippen molar-refractivity contribution >= 4 is 0 Å². The maximum atomic E-state index is 10.2. The maximum Gasteiger partial charge on any atom is 0.121 e. The van der Waals surface area contributed by atoms with Gasteiger partial charge in [0.05, 0.1) is 33.4 Å². The first kappa shape index (κ1) is 19.4. The number of aliphatic hydroxyl groups is 2. The second-order valence-electron chi connectivity index (χ2n) is 8.96. The minimum Gasteiger partial charge on any atom is -0.508 e. The summed E-state index contributed by atoms with van der Waals surface area (Å²) in [7, 11) is 2.40. The number of hydrogen-bond donors (Lipinski definition) is 3. The van der Waals surface area contributed by atoms with E-state index >= 15 is 0 Å². The molecule has 0 unspecified atom stereocenters. The number of benzene rings is 2. The number of fused-ring (bicyclic) bond motifs is 1. The molecule has 28 heavy (non-hydrogen) atoms. The molecular formula is C24H32NO3+. The van der Waals surface area contributed by atoms with Gasteiger partial charge in [-0.1, -0.05) is 36.8 Å². The van der Waals surface area contributed by atoms with E-state index in [0.717, 1.165) is 40.9 Å². The van der Waals surface area contributed by atoms with Crippen molar-refractivity contribution in [2.24, 2.45) is 5.92 Å². The lowest BCUT2D eigenvalue weighted by Gasteiger charge is -2.48. The molecule has 0 bridgehead atoms. The van der Waals surface area contributed by atoms with Gasteiger partial charge in [-0.15, -0.1) is 0 Å². The summed E-state index contributed by atoms with van der Waals surface area (Å²) in [5.74, 6) is 1.01. The molecule has 2 aliphatic rings. The predicted octanol–water partition coefficient (Wildman–Crippen LogP) is 3.46. The number of nitrogens with zero attached hydrogens (tertiary/aromatic N) is 1. The number of phenols is 1. The molecule has 1 aliphatic carbocycles. The molecule has 1 saturated carbocycles. The highest BCUT2D eigenvalue weighted by Crippen LogP contribution is 2.41. The highest BCUT2D eigenvalue weighted by atomic mass is 16.3. The minimum absolute atomic E-state index is 0.0860. The Morgan fingerprint density at radius 2 is 1.79 bits per heavy atom. The quantitative estimate of drug-likeness (QED) is 0.671. The van der Waals surface area contributed by atoms with E-state index < -0.39 is 0 Å². The monoisotopic (exact) mass is 382 g/mol. The molecular weight excluding hydrogens is 350 g/mol. The Balaban J connectivity index is 1.68. The fourth-order valence-electron chi connectivity index (χ4n) is 5.07. The van der Waals surface area contributed by atoms with Gasteiger partial charge in [-0.2, -0.15) is 0 Å². The first-order chi connectivity index (χ1) is 13.5. The summed E-state index contributed by atoms with van der Waals surface area (Å²) >= 11 is 0. The van der Waals surface area contributed by atoms with Crippen molar-refractivity contribution in [3.63, 3.8) is 0 Å². The van der Waals surface area contributed by atoms with Crippen LogP contribution in [0.2, 0.25) is 0 Å². The van der Waals surface area contributed by atoms with Crippen LogP contribution >= 0.6 is 0 Å². The summed E-state index contributed by atoms with van der Waals surface area (Å²) < 4.78 is 1.04. The summed E-state index contributed by atoms with van der Waals surface area (Å²) in [6.45, 7) is 2.27. The molecule has 3 N–H and O–H groups in total. The lowest BCUT2D eigenvalue weighted by Crippen LogP contribution is -2.55. The van der Waals surface area contributed by atoms with Crippen LogP contribution in [-0.4, -0.2) is 39.9 Å². The van der Waals surface area contributed by atoms with Gasteiger partial charge in [0.15, 0.2) is 0 Å². The fraction of sp³-hybridized carbons (Fsp3) is 0.500. The van der Waals surface area contributed by atoms with E-state index in [1.165, 1.54) is 36.9 Å². The summed E-state index contributed by atoms with van der Waals surface area (Å²) in [5.41, 5.74) is 5.41. The van der Waals surface area contributed by atoms with Crippen molar-refractivity contribution in [1.29, 1.82) is 0 Å². The smallest absolute Gasteiger partial charge is 0.121 e. The van der Waals surface area contributed by atoms with Crippen LogP contribution in [0.15, 0.2) is 36.4 Å². The molecule has 2 atom stereocenters. The van der Waals surface area contributed by atoms with E-state index in [2.05, 4.69) is 25.2 Å². The summed E-state index contributed by atoms with van der Waals surface area (Å²) in [6.07, 6.45) is 5.99. The van der Waals surface area contributed by atoms with E-state index in [1.807, 2.05) is 18.2 Å². The van der Waals surface area contributed by atoms with Crippen LogP contribution in [0.3, 0.4) is 0 Å². The molecule has 0 aromatic heterocycles. The van der Waals surface area contributed by atoms with Gasteiger partial charge in [-0.05, 0) is 35.6 Å². The Morgan fingerprint density at radius 3 is 2.43 bits per heavy atom. The Kier molecular flexibility index (Phi) is 5.46. The minimum atomic E-state index is -0.141. The van der Waals surface area contributed by atoms with Crippen LogP contribution < -0.4 is 0 Å². The van der Waals surface area contributed by atoms with Crippen LogP contribution in [0.1, 0.15) is 53.1 Å². The topological polar surface area (TPSA) is 60.7 Å². The van der Waals surface area contributed by atoms with Crippen molar-refractivity contribution in [3.05, 3.63) is 64.2 Å². The normalized spacial score (nSPS) is 24.6. The highest BCUT2D eigenvalue weighted by molar-refractivity contribution is 5.39. The summed E-state index contributed by atoms with van der Waals surface area (Å²) in [5, 5.41) is 29.1. The molecule has 0 amide bonds. The molecule has 4 rings (SSSR count). The SMILES string of the molecule is C[N@@+]1(CC2CCC2)CCc2cc(CO)ccc2[C@H]1Cc1ccc(CO)c(O)c1. The van der Waals surface area contributed by atoms with E-state index in [9.17, 15) is 15.3 Å². The van der Waals surface area contributed by atoms with Crippen LogP contribution in [0, 0.1) is 5.92 Å². The van der Waals surface area contributed by atoms with Gasteiger partial charge < -0.3 is 19.8 Å². The fourth-order valence-corrected chi connectivity index (χ4v) is 5.07. The molecule has 0 spiro atoms. The molecule has 2 aromatic rings. The number of quaternary nitrogens is 1. The molecule has 1 fully saturated rings. The van der Waals surface area contributed by atoms with Gasteiger partial charge in [0.2, 0.25) is 0 Å². The van der Waals surface area contributed by atoms with Gasteiger partial charge in [0.1, 0.15) is 11.8 Å². The van der Waals surface area contributed by atoms with E-state index in [1.54, 1.807) is 0 Å². The molecule has 0 radical (unpaired) electrons. The molecule has 4 heteroatoms. The number of likely N-dealkylation sites (N-methyl/N-ethyl adjacent to an activating group) is 1. The maximum absolute atomic E-state index is 10.2. The number of rotatable bonds is 6. The van der Waals surface area contributed by atoms with E-state index in [0.29, 0.717) is 11.6 Å². The second kappa shape index (κ2) is 7.86.